The quantitative estimate of drug-likeness (QED) is 0.147. The third-order valence-electron chi connectivity index (χ3n) is 2.53. The average molecular weight is 496 g/mol. The molecule has 0 aliphatic rings. The van der Waals surface area contributed by atoms with Crippen molar-refractivity contribution in [2.45, 2.75) is 28.7 Å². The lowest BCUT2D eigenvalue weighted by Crippen LogP contribution is -3.20. The summed E-state index contributed by atoms with van der Waals surface area (Å²) in [5.74, 6) is 0. The molecule has 176 valence electrons. The molecular weight excluding hydrogens is 464 g/mol. The van der Waals surface area contributed by atoms with Crippen LogP contribution in [0.15, 0.2) is 0 Å². The lowest BCUT2D eigenvalue weighted by Gasteiger charge is -2.31. The summed E-state index contributed by atoms with van der Waals surface area (Å²) >= 11 is 0. The second-order valence-corrected chi connectivity index (χ2v) is 11.5. The Morgan fingerprint density at radius 1 is 0.571 bits per heavy atom. The fraction of sp³-hybridized carbons (Fsp3) is 1.00. The molecule has 0 aromatic heterocycles. The molecule has 0 saturated carbocycles. The number of rotatable bonds is 11. The van der Waals surface area contributed by atoms with Crippen molar-refractivity contribution in [3.63, 3.8) is 0 Å². The molecule has 0 aliphatic carbocycles. The summed E-state index contributed by atoms with van der Waals surface area (Å²) in [5.41, 5.74) is 0. The molecule has 0 amide bonds. The van der Waals surface area contributed by atoms with Gasteiger partial charge in [0.1, 0.15) is 38.2 Å². The summed E-state index contributed by atoms with van der Waals surface area (Å²) in [5, 5.41) is 0. The van der Waals surface area contributed by atoms with Gasteiger partial charge in [-0.1, -0.05) is 28.7 Å². The molecule has 0 fully saturated rings. The summed E-state index contributed by atoms with van der Waals surface area (Å²) in [6, 6.07) is 0. The standard InChI is InChI=1S/C6H20N2O12P4.C2H6.2CH4/c9-21(10,11)3-7(4-22(12,13)14)1-2-8(5-23(15,16)17)6-24(18,19)20;1-2;;/h1-6H2,(H2,9,10,11)(H2,12,13,14)(H2,15,16,17)(H2,18,19,20);1-2H3;2*1H4/p-2. The smallest absolute Gasteiger partial charge is 0.187 e. The molecule has 4 atom stereocenters. The molecule has 0 rings (SSSR count). The second-order valence-electron chi connectivity index (χ2n) is 5.18. The van der Waals surface area contributed by atoms with E-state index >= 15 is 0 Å². The molecule has 0 aliphatic heterocycles. The Bertz CT molecular complexity index is 493. The Kier molecular flexibility index (Phi) is 18.6. The maximum absolute atomic E-state index is 10.8. The normalized spacial score (nSPS) is 21.5. The van der Waals surface area contributed by atoms with Gasteiger partial charge in [0.25, 0.3) is 0 Å². The van der Waals surface area contributed by atoms with Gasteiger partial charge >= 0.3 is 0 Å². The van der Waals surface area contributed by atoms with Crippen LogP contribution in [0, 0.1) is 0 Å². The number of hydrogen-bond donors (Lipinski definition) is 6. The van der Waals surface area contributed by atoms with Gasteiger partial charge in [0.2, 0.25) is 0 Å². The Morgan fingerprint density at radius 3 is 0.821 bits per heavy atom. The van der Waals surface area contributed by atoms with Gasteiger partial charge in [-0.2, -0.15) is 0 Å². The van der Waals surface area contributed by atoms with Crippen molar-refractivity contribution in [3.8, 4) is 0 Å². The van der Waals surface area contributed by atoms with Gasteiger partial charge in [-0.3, -0.25) is 0 Å². The van der Waals surface area contributed by atoms with Gasteiger partial charge in [-0.05, 0) is 0 Å². The van der Waals surface area contributed by atoms with Crippen LogP contribution >= 0.6 is 30.4 Å². The van der Waals surface area contributed by atoms with Gasteiger partial charge in [0.05, 0.1) is 0 Å². The minimum absolute atomic E-state index is 0. The highest BCUT2D eigenvalue weighted by Crippen LogP contribution is 2.29. The van der Waals surface area contributed by atoms with Crippen LogP contribution < -0.4 is 29.4 Å². The summed E-state index contributed by atoms with van der Waals surface area (Å²) in [6.07, 6.45) is -4.52. The number of nitrogens with one attached hydrogen (secondary N) is 2. The van der Waals surface area contributed by atoms with Crippen LogP contribution in [0.25, 0.3) is 0 Å². The first-order valence-corrected chi connectivity index (χ1v) is 14.2. The summed E-state index contributed by atoms with van der Waals surface area (Å²) < 4.78 is 43.4. The van der Waals surface area contributed by atoms with E-state index in [1.54, 1.807) is 0 Å². The Balaban J connectivity index is -0.000000695. The maximum atomic E-state index is 10.8. The van der Waals surface area contributed by atoms with Gasteiger partial charge in [-0.15, -0.1) is 0 Å². The molecule has 0 aromatic carbocycles. The molecule has 18 heteroatoms. The summed E-state index contributed by atoms with van der Waals surface area (Å²) in [6.45, 7) is 2.96. The number of quaternary nitrogens is 2. The van der Waals surface area contributed by atoms with Crippen LogP contribution in [-0.4, -0.2) is 57.8 Å². The van der Waals surface area contributed by atoms with E-state index in [2.05, 4.69) is 0 Å². The maximum Gasteiger partial charge on any atom is 0.187 e. The predicted octanol–water partition coefficient (Wildman–Crippen LogP) is -4.93. The van der Waals surface area contributed by atoms with Crippen LogP contribution in [-0.2, 0) is 18.3 Å². The fourth-order valence-electron chi connectivity index (χ4n) is 1.90. The van der Waals surface area contributed by atoms with Crippen molar-refractivity contribution in [2.75, 3.05) is 38.2 Å². The lowest BCUT2D eigenvalue weighted by atomic mass is 10.5. The van der Waals surface area contributed by atoms with Crippen molar-refractivity contribution in [1.82, 2.24) is 0 Å². The molecule has 0 spiro atoms. The minimum atomic E-state index is -4.95. The molecule has 0 aromatic rings. The Hall–Kier alpha value is 0.520. The third kappa shape index (κ3) is 26.5. The molecule has 0 heterocycles. The fourth-order valence-corrected chi connectivity index (χ4v) is 5.59. The van der Waals surface area contributed by atoms with Gasteiger partial charge in [-0.25, -0.2) is 0 Å². The Labute approximate surface area is 165 Å². The highest BCUT2D eigenvalue weighted by atomic mass is 31.2. The van der Waals surface area contributed by atoms with E-state index in [0.717, 1.165) is 0 Å². The van der Waals surface area contributed by atoms with Crippen molar-refractivity contribution in [2.24, 2.45) is 0 Å². The van der Waals surface area contributed by atoms with Crippen LogP contribution in [0.5, 0.6) is 0 Å². The molecular formula is C10H32N2O12P4-2. The largest absolute Gasteiger partial charge is 0.775 e. The molecule has 6 N–H and O–H groups in total. The minimum Gasteiger partial charge on any atom is -0.775 e. The van der Waals surface area contributed by atoms with E-state index in [0.29, 0.717) is 0 Å². The monoisotopic (exact) mass is 496 g/mol. The summed E-state index contributed by atoms with van der Waals surface area (Å²) in [4.78, 5) is 77.5. The van der Waals surface area contributed by atoms with E-state index in [4.69, 9.17) is 19.6 Å². The summed E-state index contributed by atoms with van der Waals surface area (Å²) in [7, 11) is -19.8. The highest BCUT2D eigenvalue weighted by molar-refractivity contribution is 7.51. The van der Waals surface area contributed by atoms with Gasteiger partial charge < -0.3 is 67.2 Å². The first-order valence-electron chi connectivity index (χ1n) is 7.15. The lowest BCUT2D eigenvalue weighted by molar-refractivity contribution is -0.939. The van der Waals surface area contributed by atoms with E-state index in [1.165, 1.54) is 0 Å². The third-order valence-corrected chi connectivity index (χ3v) is 5.91. The first-order chi connectivity index (χ1) is 11.4. The topological polar surface area (TPSA) is 250 Å². The van der Waals surface area contributed by atoms with Crippen LogP contribution in [0.2, 0.25) is 0 Å². The molecule has 28 heavy (non-hydrogen) atoms. The number of hydrogen-bond acceptors (Lipinski definition) is 8. The van der Waals surface area contributed by atoms with Gasteiger partial charge in [0, 0.05) is 0 Å². The van der Waals surface area contributed by atoms with E-state index in [-0.39, 0.29) is 14.9 Å². The van der Waals surface area contributed by atoms with Crippen molar-refractivity contribution in [1.29, 1.82) is 0 Å². The van der Waals surface area contributed by atoms with Gasteiger partial charge in [0.15, 0.2) is 30.4 Å². The van der Waals surface area contributed by atoms with E-state index in [1.807, 2.05) is 13.8 Å². The Morgan fingerprint density at radius 2 is 0.714 bits per heavy atom. The van der Waals surface area contributed by atoms with Crippen molar-refractivity contribution < 1.29 is 67.2 Å². The zero-order valence-electron chi connectivity index (χ0n) is 14.1. The van der Waals surface area contributed by atoms with Crippen LogP contribution in [0.3, 0.4) is 0 Å². The SMILES string of the molecule is C.C.CC.O=P([O-])(O)C[NH+](CC[NH+](CP(=O)([O-])O)CP(=O)([O-])O)CP(=O)([O-])O. The van der Waals surface area contributed by atoms with E-state index < -0.39 is 78.4 Å². The molecule has 0 saturated heterocycles. The molecule has 4 unspecified atom stereocenters. The molecule has 0 radical (unpaired) electrons. The van der Waals surface area contributed by atoms with Crippen LogP contribution in [0.1, 0.15) is 28.7 Å². The zero-order chi connectivity index (χ0) is 21.4. The van der Waals surface area contributed by atoms with E-state index in [9.17, 15) is 37.8 Å². The second kappa shape index (κ2) is 14.5. The first kappa shape index (κ1) is 35.9. The molecule has 0 bridgehead atoms. The average Bonchev–Trinajstić information content (AvgIpc) is 2.30. The molecule has 14 nitrogen and oxygen atoms in total. The zero-order valence-corrected chi connectivity index (χ0v) is 17.7. The highest BCUT2D eigenvalue weighted by Gasteiger charge is 2.25. The van der Waals surface area contributed by atoms with Crippen molar-refractivity contribution in [3.05, 3.63) is 0 Å². The van der Waals surface area contributed by atoms with Crippen molar-refractivity contribution >= 4 is 30.4 Å². The van der Waals surface area contributed by atoms with Crippen LogP contribution in [0.4, 0.5) is 0 Å². The predicted molar refractivity (Wildman–Crippen MR) is 95.2 cm³/mol.